The van der Waals surface area contributed by atoms with Crippen molar-refractivity contribution in [1.29, 1.82) is 0 Å². The molecule has 2 nitrogen and oxygen atoms in total. The largest absolute Gasteiger partial charge is 0.390 e. The van der Waals surface area contributed by atoms with E-state index in [1.807, 2.05) is 0 Å². The number of hydrogen-bond acceptors (Lipinski definition) is 2. The van der Waals surface area contributed by atoms with Gasteiger partial charge in [-0.05, 0) is 56.8 Å². The minimum atomic E-state index is -0.250. The Morgan fingerprint density at radius 3 is 2.35 bits per heavy atom. The van der Waals surface area contributed by atoms with Crippen LogP contribution in [0.15, 0.2) is 0 Å². The lowest BCUT2D eigenvalue weighted by Gasteiger charge is -2.47. The molecule has 118 valence electrons. The summed E-state index contributed by atoms with van der Waals surface area (Å²) >= 11 is 0. The van der Waals surface area contributed by atoms with E-state index in [2.05, 4.69) is 20.8 Å². The molecule has 0 aromatic heterocycles. The predicted molar refractivity (Wildman–Crippen MR) is 83.7 cm³/mol. The lowest BCUT2D eigenvalue weighted by atomic mass is 9.66. The van der Waals surface area contributed by atoms with E-state index >= 15 is 0 Å². The van der Waals surface area contributed by atoms with Crippen molar-refractivity contribution >= 4 is 0 Å². The molecule has 0 saturated heterocycles. The Labute approximate surface area is 125 Å². The van der Waals surface area contributed by atoms with E-state index in [9.17, 15) is 5.11 Å². The van der Waals surface area contributed by atoms with Crippen LogP contribution in [-0.4, -0.2) is 23.4 Å². The van der Waals surface area contributed by atoms with Crippen LogP contribution in [0.4, 0.5) is 0 Å². The second-order valence-electron chi connectivity index (χ2n) is 7.24. The minimum absolute atomic E-state index is 0.239. The van der Waals surface area contributed by atoms with Crippen LogP contribution in [-0.2, 0) is 4.74 Å². The van der Waals surface area contributed by atoms with Crippen LogP contribution < -0.4 is 0 Å². The Hall–Kier alpha value is -0.0800. The molecule has 0 aromatic rings. The highest BCUT2D eigenvalue weighted by Crippen LogP contribution is 2.44. The van der Waals surface area contributed by atoms with Crippen molar-refractivity contribution in [1.82, 2.24) is 0 Å². The van der Waals surface area contributed by atoms with Crippen LogP contribution in [0.1, 0.15) is 78.6 Å². The quantitative estimate of drug-likeness (QED) is 0.801. The van der Waals surface area contributed by atoms with Gasteiger partial charge in [0, 0.05) is 6.61 Å². The fourth-order valence-corrected chi connectivity index (χ4v) is 4.61. The van der Waals surface area contributed by atoms with Crippen molar-refractivity contribution in [2.75, 3.05) is 6.61 Å². The molecule has 0 radical (unpaired) electrons. The molecule has 2 fully saturated rings. The zero-order chi connectivity index (χ0) is 14.6. The van der Waals surface area contributed by atoms with Gasteiger partial charge in [-0.25, -0.2) is 0 Å². The summed E-state index contributed by atoms with van der Waals surface area (Å²) in [4.78, 5) is 0. The molecule has 0 spiro atoms. The Balaban J connectivity index is 2.11. The highest BCUT2D eigenvalue weighted by molar-refractivity contribution is 4.97. The number of hydrogen-bond donors (Lipinski definition) is 1. The van der Waals surface area contributed by atoms with E-state index in [4.69, 9.17) is 4.74 Å². The van der Waals surface area contributed by atoms with E-state index < -0.39 is 0 Å². The molecular weight excluding hydrogens is 248 g/mol. The van der Waals surface area contributed by atoms with Gasteiger partial charge in [-0.1, -0.05) is 39.5 Å². The molecule has 2 aliphatic carbocycles. The van der Waals surface area contributed by atoms with Gasteiger partial charge in [0.25, 0.3) is 0 Å². The van der Waals surface area contributed by atoms with E-state index in [-0.39, 0.29) is 11.7 Å². The lowest BCUT2D eigenvalue weighted by Crippen LogP contribution is -2.52. The fraction of sp³-hybridized carbons (Fsp3) is 1.00. The summed E-state index contributed by atoms with van der Waals surface area (Å²) in [5.74, 6) is 1.97. The molecule has 2 rings (SSSR count). The Morgan fingerprint density at radius 1 is 1.10 bits per heavy atom. The highest BCUT2D eigenvalue weighted by Gasteiger charge is 2.46. The van der Waals surface area contributed by atoms with Gasteiger partial charge in [-0.3, -0.25) is 0 Å². The average molecular weight is 282 g/mol. The SMILES string of the molecule is CCOC1(C(O)C2CCCCC2CC)CCC(C)CC1. The van der Waals surface area contributed by atoms with Crippen LogP contribution in [0.25, 0.3) is 0 Å². The van der Waals surface area contributed by atoms with Gasteiger partial charge in [0.2, 0.25) is 0 Å². The molecule has 2 aliphatic rings. The zero-order valence-electron chi connectivity index (χ0n) is 13.7. The molecule has 2 heteroatoms. The maximum absolute atomic E-state index is 11.1. The number of rotatable bonds is 5. The van der Waals surface area contributed by atoms with Crippen LogP contribution in [0.3, 0.4) is 0 Å². The van der Waals surface area contributed by atoms with Gasteiger partial charge < -0.3 is 9.84 Å². The standard InChI is InChI=1S/C18H34O2/c1-4-15-8-6-7-9-16(15)17(19)18(20-5-2)12-10-14(3)11-13-18/h14-17,19H,4-13H2,1-3H3. The van der Waals surface area contributed by atoms with E-state index in [1.165, 1.54) is 44.9 Å². The third-order valence-electron chi connectivity index (χ3n) is 5.99. The van der Waals surface area contributed by atoms with Crippen molar-refractivity contribution in [3.05, 3.63) is 0 Å². The van der Waals surface area contributed by atoms with Gasteiger partial charge in [0.05, 0.1) is 11.7 Å². The summed E-state index contributed by atoms with van der Waals surface area (Å²) < 4.78 is 6.18. The Morgan fingerprint density at radius 2 is 1.75 bits per heavy atom. The molecular formula is C18H34O2. The smallest absolute Gasteiger partial charge is 0.0943 e. The molecule has 20 heavy (non-hydrogen) atoms. The molecule has 0 bridgehead atoms. The number of ether oxygens (including phenoxy) is 1. The van der Waals surface area contributed by atoms with Crippen molar-refractivity contribution in [2.45, 2.75) is 90.3 Å². The predicted octanol–water partition coefficient (Wildman–Crippen LogP) is 4.55. The molecule has 2 saturated carbocycles. The first-order chi connectivity index (χ1) is 9.63. The van der Waals surface area contributed by atoms with E-state index in [0.717, 1.165) is 25.4 Å². The first-order valence-corrected chi connectivity index (χ1v) is 8.95. The highest BCUT2D eigenvalue weighted by atomic mass is 16.5. The molecule has 0 aromatic carbocycles. The van der Waals surface area contributed by atoms with Gasteiger partial charge >= 0.3 is 0 Å². The number of aliphatic hydroxyl groups excluding tert-OH is 1. The summed E-state index contributed by atoms with van der Waals surface area (Å²) in [6.07, 6.45) is 10.6. The third kappa shape index (κ3) is 3.39. The van der Waals surface area contributed by atoms with E-state index in [0.29, 0.717) is 11.8 Å². The van der Waals surface area contributed by atoms with Crippen molar-refractivity contribution in [3.63, 3.8) is 0 Å². The molecule has 1 N–H and O–H groups in total. The monoisotopic (exact) mass is 282 g/mol. The van der Waals surface area contributed by atoms with Crippen molar-refractivity contribution < 1.29 is 9.84 Å². The van der Waals surface area contributed by atoms with Crippen LogP contribution in [0.2, 0.25) is 0 Å². The van der Waals surface area contributed by atoms with Gasteiger partial charge in [-0.15, -0.1) is 0 Å². The lowest BCUT2D eigenvalue weighted by molar-refractivity contribution is -0.171. The first-order valence-electron chi connectivity index (χ1n) is 8.95. The topological polar surface area (TPSA) is 29.5 Å². The second kappa shape index (κ2) is 7.26. The Kier molecular flexibility index (Phi) is 5.92. The van der Waals surface area contributed by atoms with Crippen molar-refractivity contribution in [3.8, 4) is 0 Å². The average Bonchev–Trinajstić information content (AvgIpc) is 2.49. The fourth-order valence-electron chi connectivity index (χ4n) is 4.61. The second-order valence-corrected chi connectivity index (χ2v) is 7.24. The first kappa shape index (κ1) is 16.3. The van der Waals surface area contributed by atoms with Crippen LogP contribution in [0, 0.1) is 17.8 Å². The Bertz CT molecular complexity index is 281. The molecule has 3 unspecified atom stereocenters. The minimum Gasteiger partial charge on any atom is -0.390 e. The van der Waals surface area contributed by atoms with Crippen molar-refractivity contribution in [2.24, 2.45) is 17.8 Å². The zero-order valence-corrected chi connectivity index (χ0v) is 13.7. The summed E-state index contributed by atoms with van der Waals surface area (Å²) in [7, 11) is 0. The van der Waals surface area contributed by atoms with E-state index in [1.54, 1.807) is 0 Å². The third-order valence-corrected chi connectivity index (χ3v) is 5.99. The molecule has 0 aliphatic heterocycles. The van der Waals surface area contributed by atoms with Gasteiger partial charge in [0.1, 0.15) is 0 Å². The summed E-state index contributed by atoms with van der Waals surface area (Å²) in [5, 5.41) is 11.1. The maximum atomic E-state index is 11.1. The maximum Gasteiger partial charge on any atom is 0.0943 e. The number of aliphatic hydroxyl groups is 1. The molecule has 0 amide bonds. The van der Waals surface area contributed by atoms with Crippen LogP contribution >= 0.6 is 0 Å². The summed E-state index contributed by atoms with van der Waals surface area (Å²) in [6.45, 7) is 7.42. The van der Waals surface area contributed by atoms with Crippen LogP contribution in [0.5, 0.6) is 0 Å². The molecule has 3 atom stereocenters. The van der Waals surface area contributed by atoms with Gasteiger partial charge in [0.15, 0.2) is 0 Å². The normalized spacial score (nSPS) is 40.5. The summed E-state index contributed by atoms with van der Waals surface area (Å²) in [5.41, 5.74) is -0.239. The van der Waals surface area contributed by atoms with Gasteiger partial charge in [-0.2, -0.15) is 0 Å². The molecule has 0 heterocycles. The summed E-state index contributed by atoms with van der Waals surface area (Å²) in [6, 6.07) is 0.